The molecule has 1 fully saturated rings. The molecule has 9 heteroatoms. The van der Waals surface area contributed by atoms with E-state index < -0.39 is 16.1 Å². The van der Waals surface area contributed by atoms with Gasteiger partial charge in [0.05, 0.1) is 9.77 Å². The first-order valence-corrected chi connectivity index (χ1v) is 12.2. The van der Waals surface area contributed by atoms with Crippen molar-refractivity contribution >= 4 is 33.2 Å². The number of aryl methyl sites for hydroxylation is 1. The lowest BCUT2D eigenvalue weighted by molar-refractivity contribution is -0.135. The van der Waals surface area contributed by atoms with Gasteiger partial charge in [0.2, 0.25) is 15.9 Å². The smallest absolute Gasteiger partial charge is 0.262 e. The van der Waals surface area contributed by atoms with Gasteiger partial charge in [-0.05, 0) is 36.4 Å². The van der Waals surface area contributed by atoms with Crippen LogP contribution in [0.2, 0.25) is 0 Å². The molecule has 3 rings (SSSR count). The number of piperazine rings is 1. The van der Waals surface area contributed by atoms with Crippen molar-refractivity contribution in [1.82, 2.24) is 14.5 Å². The van der Waals surface area contributed by atoms with E-state index in [9.17, 15) is 18.0 Å². The van der Waals surface area contributed by atoms with E-state index in [4.69, 9.17) is 0 Å². The van der Waals surface area contributed by atoms with Gasteiger partial charge in [-0.15, -0.1) is 11.3 Å². The van der Waals surface area contributed by atoms with Crippen molar-refractivity contribution in [2.75, 3.05) is 26.2 Å². The van der Waals surface area contributed by atoms with Crippen LogP contribution in [0.1, 0.15) is 29.1 Å². The summed E-state index contributed by atoms with van der Waals surface area (Å²) in [4.78, 5) is 27.9. The standard InChI is InChI=1S/C21H27N3O4S2/c1-15(2)19(22-20(25)18-5-4-14-29-18)21(26)23-10-12-24(13-11-23)30(27,28)17-8-6-16(3)7-9-17/h4-9,14-15,19H,10-13H2,1-3H3,(H,22,25). The Bertz CT molecular complexity index is 978. The topological polar surface area (TPSA) is 86.8 Å². The molecule has 30 heavy (non-hydrogen) atoms. The summed E-state index contributed by atoms with van der Waals surface area (Å²) in [6.45, 7) is 6.72. The van der Waals surface area contributed by atoms with E-state index in [0.29, 0.717) is 18.0 Å². The highest BCUT2D eigenvalue weighted by molar-refractivity contribution is 7.89. The van der Waals surface area contributed by atoms with E-state index in [0.717, 1.165) is 5.56 Å². The van der Waals surface area contributed by atoms with E-state index >= 15 is 0 Å². The van der Waals surface area contributed by atoms with E-state index in [2.05, 4.69) is 5.32 Å². The molecule has 0 spiro atoms. The fraction of sp³-hybridized carbons (Fsp3) is 0.429. The monoisotopic (exact) mass is 449 g/mol. The summed E-state index contributed by atoms with van der Waals surface area (Å²) in [6, 6.07) is 9.62. The van der Waals surface area contributed by atoms with Crippen LogP contribution in [0.4, 0.5) is 0 Å². The summed E-state index contributed by atoms with van der Waals surface area (Å²) in [5, 5.41) is 4.65. The number of nitrogens with zero attached hydrogens (tertiary/aromatic N) is 2. The Kier molecular flexibility index (Phi) is 6.95. The summed E-state index contributed by atoms with van der Waals surface area (Å²) in [7, 11) is -3.59. The first-order valence-electron chi connectivity index (χ1n) is 9.90. The summed E-state index contributed by atoms with van der Waals surface area (Å²) in [5.41, 5.74) is 0.994. The molecular formula is C21H27N3O4S2. The molecule has 162 valence electrons. The number of hydrogen-bond donors (Lipinski definition) is 1. The molecule has 0 bridgehead atoms. The zero-order valence-electron chi connectivity index (χ0n) is 17.4. The van der Waals surface area contributed by atoms with Crippen LogP contribution in [0.25, 0.3) is 0 Å². The van der Waals surface area contributed by atoms with Gasteiger partial charge in [-0.3, -0.25) is 9.59 Å². The van der Waals surface area contributed by atoms with Gasteiger partial charge in [-0.2, -0.15) is 4.31 Å². The number of carbonyl (C=O) groups excluding carboxylic acids is 2. The predicted molar refractivity (Wildman–Crippen MR) is 117 cm³/mol. The molecule has 2 aromatic rings. The van der Waals surface area contributed by atoms with Crippen LogP contribution >= 0.6 is 11.3 Å². The van der Waals surface area contributed by atoms with Crippen LogP contribution in [0.3, 0.4) is 0 Å². The van der Waals surface area contributed by atoms with Gasteiger partial charge in [-0.1, -0.05) is 37.6 Å². The van der Waals surface area contributed by atoms with Gasteiger partial charge in [-0.25, -0.2) is 8.42 Å². The molecule has 1 aliphatic heterocycles. The Balaban J connectivity index is 1.64. The van der Waals surface area contributed by atoms with Crippen molar-refractivity contribution in [2.45, 2.75) is 31.7 Å². The van der Waals surface area contributed by atoms with Gasteiger partial charge in [0.15, 0.2) is 0 Å². The van der Waals surface area contributed by atoms with Crippen LogP contribution in [-0.2, 0) is 14.8 Å². The van der Waals surface area contributed by atoms with Crippen molar-refractivity contribution in [3.63, 3.8) is 0 Å². The van der Waals surface area contributed by atoms with Crippen LogP contribution in [0.5, 0.6) is 0 Å². The molecule has 7 nitrogen and oxygen atoms in total. The average Bonchev–Trinajstić information content (AvgIpc) is 3.26. The fourth-order valence-electron chi connectivity index (χ4n) is 3.34. The molecule has 1 saturated heterocycles. The zero-order valence-corrected chi connectivity index (χ0v) is 19.0. The van der Waals surface area contributed by atoms with E-state index in [1.54, 1.807) is 41.3 Å². The third-order valence-corrected chi connectivity index (χ3v) is 7.95. The molecular weight excluding hydrogens is 422 g/mol. The minimum atomic E-state index is -3.59. The summed E-state index contributed by atoms with van der Waals surface area (Å²) in [5.74, 6) is -0.532. The number of rotatable bonds is 6. The minimum Gasteiger partial charge on any atom is -0.339 e. The number of thiophene rings is 1. The Labute approximate surface area is 181 Å². The number of amides is 2. The maximum atomic E-state index is 13.1. The van der Waals surface area contributed by atoms with Crippen molar-refractivity contribution in [3.8, 4) is 0 Å². The van der Waals surface area contributed by atoms with Gasteiger partial charge >= 0.3 is 0 Å². The van der Waals surface area contributed by atoms with Crippen molar-refractivity contribution in [2.24, 2.45) is 5.92 Å². The maximum absolute atomic E-state index is 13.1. The second-order valence-electron chi connectivity index (χ2n) is 7.71. The van der Waals surface area contributed by atoms with Crippen molar-refractivity contribution < 1.29 is 18.0 Å². The molecule has 2 heterocycles. The van der Waals surface area contributed by atoms with Crippen LogP contribution in [0, 0.1) is 12.8 Å². The van der Waals surface area contributed by atoms with Crippen molar-refractivity contribution in [3.05, 3.63) is 52.2 Å². The average molecular weight is 450 g/mol. The SMILES string of the molecule is Cc1ccc(S(=O)(=O)N2CCN(C(=O)C(NC(=O)c3cccs3)C(C)C)CC2)cc1. The normalized spacial score (nSPS) is 16.5. The van der Waals surface area contributed by atoms with E-state index in [1.165, 1.54) is 15.6 Å². The molecule has 1 aromatic carbocycles. The number of hydrogen-bond acceptors (Lipinski definition) is 5. The summed E-state index contributed by atoms with van der Waals surface area (Å²) < 4.78 is 27.1. The first kappa shape index (κ1) is 22.5. The van der Waals surface area contributed by atoms with E-state index in [-0.39, 0.29) is 35.7 Å². The highest BCUT2D eigenvalue weighted by Gasteiger charge is 2.34. The second kappa shape index (κ2) is 9.28. The summed E-state index contributed by atoms with van der Waals surface area (Å²) >= 11 is 1.32. The molecule has 1 atom stereocenters. The lowest BCUT2D eigenvalue weighted by Gasteiger charge is -2.36. The summed E-state index contributed by atoms with van der Waals surface area (Å²) in [6.07, 6.45) is 0. The quantitative estimate of drug-likeness (QED) is 0.733. The molecule has 0 radical (unpaired) electrons. The molecule has 1 unspecified atom stereocenters. The molecule has 0 aliphatic carbocycles. The van der Waals surface area contributed by atoms with Crippen molar-refractivity contribution in [1.29, 1.82) is 0 Å². The Hall–Kier alpha value is -2.23. The van der Waals surface area contributed by atoms with Gasteiger partial charge in [0, 0.05) is 26.2 Å². The van der Waals surface area contributed by atoms with Gasteiger partial charge in [0.25, 0.3) is 5.91 Å². The lowest BCUT2D eigenvalue weighted by atomic mass is 10.0. The third kappa shape index (κ3) is 4.91. The number of carbonyl (C=O) groups is 2. The first-order chi connectivity index (χ1) is 14.2. The lowest BCUT2D eigenvalue weighted by Crippen LogP contribution is -2.57. The molecule has 1 aliphatic rings. The highest BCUT2D eigenvalue weighted by atomic mass is 32.2. The van der Waals surface area contributed by atoms with Gasteiger partial charge in [0.1, 0.15) is 6.04 Å². The molecule has 1 N–H and O–H groups in total. The zero-order chi connectivity index (χ0) is 21.9. The van der Waals surface area contributed by atoms with Crippen LogP contribution < -0.4 is 5.32 Å². The third-order valence-electron chi connectivity index (χ3n) is 5.17. The van der Waals surface area contributed by atoms with Crippen LogP contribution in [0.15, 0.2) is 46.7 Å². The largest absolute Gasteiger partial charge is 0.339 e. The molecule has 0 saturated carbocycles. The number of sulfonamides is 1. The Morgan fingerprint density at radius 1 is 1.03 bits per heavy atom. The molecule has 1 aromatic heterocycles. The fourth-order valence-corrected chi connectivity index (χ4v) is 5.39. The second-order valence-corrected chi connectivity index (χ2v) is 10.6. The highest BCUT2D eigenvalue weighted by Crippen LogP contribution is 2.19. The number of benzene rings is 1. The Morgan fingerprint density at radius 3 is 2.20 bits per heavy atom. The van der Waals surface area contributed by atoms with E-state index in [1.807, 2.05) is 26.2 Å². The Morgan fingerprint density at radius 2 is 1.67 bits per heavy atom. The maximum Gasteiger partial charge on any atom is 0.262 e. The minimum absolute atomic E-state index is 0.0873. The van der Waals surface area contributed by atoms with Crippen LogP contribution in [-0.4, -0.2) is 61.7 Å². The van der Waals surface area contributed by atoms with Gasteiger partial charge < -0.3 is 10.2 Å². The molecule has 2 amide bonds. The predicted octanol–water partition coefficient (Wildman–Crippen LogP) is 2.34. The number of nitrogens with one attached hydrogen (secondary N) is 1.